The molecule has 0 spiro atoms. The molecular formula is C38H39N5O7S. The standard InChI is InChI=1S/C38H39N5O7S/c1-26-13-5-8-16-29(26)42(32-19-11-12-20-36(32)50-4)37(46)40-21-22-41(33(24-40)35(45)25-51(48,49)39(2)3)38(47)43-30-17-9-6-14-27(30)23-34(44)28-15-7-10-18-31(28)43/h5-20,33H,21-25H2,1-4H3/t33-/m0/s1. The van der Waals surface area contributed by atoms with Crippen molar-refractivity contribution < 1.29 is 32.3 Å². The first-order valence-corrected chi connectivity index (χ1v) is 18.0. The van der Waals surface area contributed by atoms with E-state index in [2.05, 4.69) is 0 Å². The molecule has 1 atom stereocenters. The fourth-order valence-electron chi connectivity index (χ4n) is 6.49. The number of para-hydroxylation sites is 5. The van der Waals surface area contributed by atoms with Gasteiger partial charge in [-0.05, 0) is 54.4 Å². The fourth-order valence-corrected chi connectivity index (χ4v) is 7.30. The molecule has 0 radical (unpaired) electrons. The molecule has 12 nitrogen and oxygen atoms in total. The maximum atomic E-state index is 14.8. The number of hydrogen-bond acceptors (Lipinski definition) is 7. The summed E-state index contributed by atoms with van der Waals surface area (Å²) in [4.78, 5) is 62.7. The van der Waals surface area contributed by atoms with E-state index in [1.807, 2.05) is 25.1 Å². The summed E-state index contributed by atoms with van der Waals surface area (Å²) in [5.41, 5.74) is 3.68. The third-order valence-electron chi connectivity index (χ3n) is 9.24. The number of piperazine rings is 1. The Morgan fingerprint density at radius 1 is 0.824 bits per heavy atom. The summed E-state index contributed by atoms with van der Waals surface area (Å²) in [7, 11) is 0.144. The lowest BCUT2D eigenvalue weighted by Gasteiger charge is -2.44. The van der Waals surface area contributed by atoms with Crippen molar-refractivity contribution in [1.29, 1.82) is 0 Å². The van der Waals surface area contributed by atoms with Crippen molar-refractivity contribution in [3.05, 3.63) is 114 Å². The minimum Gasteiger partial charge on any atom is -0.495 e. The molecule has 0 bridgehead atoms. The molecule has 13 heteroatoms. The highest BCUT2D eigenvalue weighted by Gasteiger charge is 2.43. The molecule has 1 saturated heterocycles. The van der Waals surface area contributed by atoms with E-state index in [4.69, 9.17) is 4.74 Å². The van der Waals surface area contributed by atoms with Crippen molar-refractivity contribution in [2.45, 2.75) is 19.4 Å². The zero-order chi connectivity index (χ0) is 36.4. The second kappa shape index (κ2) is 14.4. The van der Waals surface area contributed by atoms with Gasteiger partial charge in [0.05, 0.1) is 36.4 Å². The lowest BCUT2D eigenvalue weighted by atomic mass is 10.0. The van der Waals surface area contributed by atoms with Gasteiger partial charge in [-0.3, -0.25) is 19.4 Å². The molecule has 0 N–H and O–H groups in total. The molecule has 4 amide bonds. The van der Waals surface area contributed by atoms with E-state index in [9.17, 15) is 27.6 Å². The summed E-state index contributed by atoms with van der Waals surface area (Å²) in [5.74, 6) is -1.35. The zero-order valence-corrected chi connectivity index (χ0v) is 29.7. The molecule has 51 heavy (non-hydrogen) atoms. The first-order valence-electron chi connectivity index (χ1n) is 16.4. The Bertz CT molecular complexity index is 2120. The molecule has 4 aromatic carbocycles. The Kier molecular flexibility index (Phi) is 9.95. The van der Waals surface area contributed by atoms with Crippen LogP contribution >= 0.6 is 0 Å². The van der Waals surface area contributed by atoms with E-state index in [1.54, 1.807) is 78.9 Å². The van der Waals surface area contributed by atoms with Crippen molar-refractivity contribution in [2.75, 3.05) is 56.4 Å². The summed E-state index contributed by atoms with van der Waals surface area (Å²) in [5, 5.41) is 0. The molecule has 2 heterocycles. The maximum Gasteiger partial charge on any atom is 0.329 e. The number of benzene rings is 4. The number of aryl methyl sites for hydroxylation is 1. The van der Waals surface area contributed by atoms with Crippen LogP contribution in [-0.4, -0.2) is 98.8 Å². The number of rotatable bonds is 7. The van der Waals surface area contributed by atoms with Gasteiger partial charge in [0.15, 0.2) is 11.6 Å². The van der Waals surface area contributed by atoms with Crippen LogP contribution in [0.4, 0.5) is 32.3 Å². The van der Waals surface area contributed by atoms with E-state index in [-0.39, 0.29) is 31.8 Å². The number of amides is 4. The Hall–Kier alpha value is -5.53. The number of ketones is 2. The predicted molar refractivity (Wildman–Crippen MR) is 195 cm³/mol. The third kappa shape index (κ3) is 6.82. The first kappa shape index (κ1) is 35.3. The zero-order valence-electron chi connectivity index (χ0n) is 28.9. The van der Waals surface area contributed by atoms with Crippen molar-refractivity contribution in [3.8, 4) is 5.75 Å². The topological polar surface area (TPSA) is 128 Å². The Labute approximate surface area is 297 Å². The van der Waals surface area contributed by atoms with Crippen LogP contribution in [0.5, 0.6) is 5.75 Å². The number of ether oxygens (including phenoxy) is 1. The van der Waals surface area contributed by atoms with Gasteiger partial charge >= 0.3 is 12.1 Å². The number of Topliss-reactive ketones (excluding diaryl/α,β-unsaturated/α-hetero) is 2. The summed E-state index contributed by atoms with van der Waals surface area (Å²) < 4.78 is 32.6. The smallest absolute Gasteiger partial charge is 0.329 e. The van der Waals surface area contributed by atoms with Crippen molar-refractivity contribution >= 4 is 56.4 Å². The van der Waals surface area contributed by atoms with Gasteiger partial charge in [-0.25, -0.2) is 22.3 Å². The molecule has 264 valence electrons. The molecule has 1 fully saturated rings. The van der Waals surface area contributed by atoms with Crippen molar-refractivity contribution in [3.63, 3.8) is 0 Å². The van der Waals surface area contributed by atoms with E-state index in [0.29, 0.717) is 39.6 Å². The van der Waals surface area contributed by atoms with Crippen LogP contribution < -0.4 is 14.5 Å². The molecule has 0 unspecified atom stereocenters. The van der Waals surface area contributed by atoms with E-state index in [0.717, 1.165) is 9.87 Å². The first-order chi connectivity index (χ1) is 24.4. The molecular weight excluding hydrogens is 671 g/mol. The maximum absolute atomic E-state index is 14.8. The van der Waals surface area contributed by atoms with Crippen LogP contribution in [0, 0.1) is 6.92 Å². The van der Waals surface area contributed by atoms with Gasteiger partial charge in [0.1, 0.15) is 17.5 Å². The highest BCUT2D eigenvalue weighted by molar-refractivity contribution is 7.89. The summed E-state index contributed by atoms with van der Waals surface area (Å²) in [6.07, 6.45) is 0.0698. The fraction of sp³-hybridized carbons (Fsp3) is 0.263. The Balaban J connectivity index is 1.42. The number of fused-ring (bicyclic) bond motifs is 2. The molecule has 0 aromatic heterocycles. The van der Waals surface area contributed by atoms with Crippen LogP contribution in [0.25, 0.3) is 0 Å². The minimum absolute atomic E-state index is 0.0301. The third-order valence-corrected chi connectivity index (χ3v) is 11.0. The van der Waals surface area contributed by atoms with Gasteiger partial charge in [0.25, 0.3) is 0 Å². The minimum atomic E-state index is -4.03. The lowest BCUT2D eigenvalue weighted by Crippen LogP contribution is -2.63. The van der Waals surface area contributed by atoms with E-state index in [1.165, 1.54) is 40.8 Å². The lowest BCUT2D eigenvalue weighted by molar-refractivity contribution is -0.122. The van der Waals surface area contributed by atoms with Crippen LogP contribution in [0.3, 0.4) is 0 Å². The molecule has 0 saturated carbocycles. The summed E-state index contributed by atoms with van der Waals surface area (Å²) in [6.45, 7) is 1.54. The van der Waals surface area contributed by atoms with Gasteiger partial charge < -0.3 is 14.5 Å². The summed E-state index contributed by atoms with van der Waals surface area (Å²) >= 11 is 0. The normalized spacial score (nSPS) is 15.9. The monoisotopic (exact) mass is 709 g/mol. The molecule has 2 aliphatic rings. The second-order valence-electron chi connectivity index (χ2n) is 12.6. The van der Waals surface area contributed by atoms with Crippen molar-refractivity contribution in [1.82, 2.24) is 14.1 Å². The van der Waals surface area contributed by atoms with Crippen LogP contribution in [0.1, 0.15) is 21.5 Å². The van der Waals surface area contributed by atoms with Gasteiger partial charge in [0, 0.05) is 39.2 Å². The number of nitrogens with zero attached hydrogens (tertiary/aromatic N) is 5. The summed E-state index contributed by atoms with van der Waals surface area (Å²) in [6, 6.07) is 25.8. The van der Waals surface area contributed by atoms with Gasteiger partial charge in [-0.15, -0.1) is 0 Å². The quantitative estimate of drug-likeness (QED) is 0.251. The molecule has 0 aliphatic carbocycles. The highest BCUT2D eigenvalue weighted by Crippen LogP contribution is 2.39. The predicted octanol–water partition coefficient (Wildman–Crippen LogP) is 5.41. The van der Waals surface area contributed by atoms with Crippen LogP contribution in [0.15, 0.2) is 97.1 Å². The average Bonchev–Trinajstić information content (AvgIpc) is 3.25. The second-order valence-corrected chi connectivity index (χ2v) is 14.8. The van der Waals surface area contributed by atoms with Gasteiger partial charge in [-0.1, -0.05) is 60.7 Å². The van der Waals surface area contributed by atoms with E-state index >= 15 is 0 Å². The van der Waals surface area contributed by atoms with Crippen molar-refractivity contribution in [2.24, 2.45) is 0 Å². The average molecular weight is 710 g/mol. The number of urea groups is 2. The number of carbonyl (C=O) groups is 4. The number of hydrogen-bond donors (Lipinski definition) is 0. The number of carbonyl (C=O) groups excluding carboxylic acids is 4. The van der Waals surface area contributed by atoms with Crippen LogP contribution in [-0.2, 0) is 21.2 Å². The SMILES string of the molecule is COc1ccccc1N(C(=O)N1CCN(C(=O)N2c3ccccc3CC(=O)c3ccccc32)[C@H](C(=O)CS(=O)(=O)N(C)C)C1)c1ccccc1C. The highest BCUT2D eigenvalue weighted by atomic mass is 32.2. The Morgan fingerprint density at radius 2 is 1.45 bits per heavy atom. The van der Waals surface area contributed by atoms with E-state index < -0.39 is 39.7 Å². The number of sulfonamides is 1. The number of anilines is 4. The van der Waals surface area contributed by atoms with Gasteiger partial charge in [-0.2, -0.15) is 0 Å². The Morgan fingerprint density at radius 3 is 2.16 bits per heavy atom. The largest absolute Gasteiger partial charge is 0.495 e. The van der Waals surface area contributed by atoms with Gasteiger partial charge in [0.2, 0.25) is 10.0 Å². The molecule has 2 aliphatic heterocycles. The number of methoxy groups -OCH3 is 1. The molecule has 6 rings (SSSR count). The molecule has 4 aromatic rings. The van der Waals surface area contributed by atoms with Crippen LogP contribution in [0.2, 0.25) is 0 Å².